The second-order valence-corrected chi connectivity index (χ2v) is 5.43. The second-order valence-electron chi connectivity index (χ2n) is 5.43. The van der Waals surface area contributed by atoms with E-state index >= 15 is 0 Å². The van der Waals surface area contributed by atoms with E-state index in [-0.39, 0.29) is 18.2 Å². The third-order valence-corrected chi connectivity index (χ3v) is 3.48. The van der Waals surface area contributed by atoms with Crippen LogP contribution in [0.3, 0.4) is 0 Å². The fourth-order valence-corrected chi connectivity index (χ4v) is 2.18. The molecule has 0 N–H and O–H groups in total. The summed E-state index contributed by atoms with van der Waals surface area (Å²) in [5.74, 6) is 0.491. The van der Waals surface area contributed by atoms with Crippen LogP contribution in [0.1, 0.15) is 35.9 Å². The molecule has 0 atom stereocenters. The lowest BCUT2D eigenvalue weighted by Crippen LogP contribution is -2.07. The topological polar surface area (TPSA) is 87.6 Å². The molecule has 0 amide bonds. The van der Waals surface area contributed by atoms with Crippen LogP contribution in [-0.4, -0.2) is 42.0 Å². The van der Waals surface area contributed by atoms with Gasteiger partial charge in [0.25, 0.3) is 0 Å². The summed E-state index contributed by atoms with van der Waals surface area (Å²) >= 11 is 0. The third kappa shape index (κ3) is 6.54. The van der Waals surface area contributed by atoms with Crippen molar-refractivity contribution in [3.8, 4) is 11.5 Å². The molecule has 2 heterocycles. The molecule has 0 spiro atoms. The predicted molar refractivity (Wildman–Crippen MR) is 99.8 cm³/mol. The predicted octanol–water partition coefficient (Wildman–Crippen LogP) is 3.10. The molecule has 0 radical (unpaired) electrons. The number of pyridine rings is 2. The Morgan fingerprint density at radius 2 is 2.04 bits per heavy atom. The van der Waals surface area contributed by atoms with E-state index in [2.05, 4.69) is 9.97 Å². The van der Waals surface area contributed by atoms with Gasteiger partial charge in [0.05, 0.1) is 32.2 Å². The molecule has 0 aliphatic heterocycles. The van der Waals surface area contributed by atoms with Crippen molar-refractivity contribution in [2.75, 3.05) is 20.3 Å². The number of nitrogens with zero attached hydrogens (tertiary/aromatic N) is 2. The monoisotopic (exact) mass is 370 g/mol. The first kappa shape index (κ1) is 20.1. The molecule has 2 rings (SSSR count). The van der Waals surface area contributed by atoms with Crippen LogP contribution in [0.2, 0.25) is 0 Å². The zero-order chi connectivity index (χ0) is 19.5. The molecule has 2 aromatic rings. The molecule has 0 unspecified atom stereocenters. The van der Waals surface area contributed by atoms with Crippen LogP contribution in [0.4, 0.5) is 0 Å². The number of allylic oxidation sites excluding steroid dienone is 1. The minimum absolute atomic E-state index is 0.217. The summed E-state index contributed by atoms with van der Waals surface area (Å²) in [6, 6.07) is 6.82. The fraction of sp³-hybridized carbons (Fsp3) is 0.300. The first-order chi connectivity index (χ1) is 13.1. The number of rotatable bonds is 10. The van der Waals surface area contributed by atoms with Crippen molar-refractivity contribution in [2.24, 2.45) is 0 Å². The lowest BCUT2D eigenvalue weighted by molar-refractivity contribution is -0.143. The highest BCUT2D eigenvalue weighted by atomic mass is 16.5. The minimum atomic E-state index is -0.251. The van der Waals surface area contributed by atoms with Crippen LogP contribution in [0, 0.1) is 0 Å². The number of ketones is 1. The summed E-state index contributed by atoms with van der Waals surface area (Å²) in [5, 5.41) is 0. The summed E-state index contributed by atoms with van der Waals surface area (Å²) in [4.78, 5) is 31.6. The van der Waals surface area contributed by atoms with Crippen LogP contribution >= 0.6 is 0 Å². The van der Waals surface area contributed by atoms with Gasteiger partial charge in [-0.05, 0) is 37.6 Å². The Bertz CT molecular complexity index is 790. The number of hydrogen-bond acceptors (Lipinski definition) is 7. The van der Waals surface area contributed by atoms with Crippen LogP contribution in [0.25, 0.3) is 6.08 Å². The molecule has 2 aromatic heterocycles. The smallest absolute Gasteiger partial charge is 0.305 e. The number of carbonyl (C=O) groups excluding carboxylic acids is 2. The van der Waals surface area contributed by atoms with Crippen LogP contribution in [0.15, 0.2) is 42.7 Å². The summed E-state index contributed by atoms with van der Waals surface area (Å²) in [6.45, 7) is 2.46. The van der Waals surface area contributed by atoms with Gasteiger partial charge in [-0.25, -0.2) is 0 Å². The molecule has 142 valence electrons. The SMILES string of the molecule is CCOC(=O)CCCOc1cc(/C=C/C(=O)c2ccccn2)ncc1OC. The van der Waals surface area contributed by atoms with E-state index in [1.54, 1.807) is 43.5 Å². The van der Waals surface area contributed by atoms with E-state index in [1.165, 1.54) is 19.4 Å². The molecular formula is C20H22N2O5. The zero-order valence-corrected chi connectivity index (χ0v) is 15.4. The lowest BCUT2D eigenvalue weighted by atomic mass is 10.2. The fourth-order valence-electron chi connectivity index (χ4n) is 2.18. The second kappa shape index (κ2) is 10.7. The Hall–Kier alpha value is -3.22. The van der Waals surface area contributed by atoms with Crippen molar-refractivity contribution in [3.63, 3.8) is 0 Å². The van der Waals surface area contributed by atoms with Crippen molar-refractivity contribution in [2.45, 2.75) is 19.8 Å². The maximum absolute atomic E-state index is 12.1. The van der Waals surface area contributed by atoms with Gasteiger partial charge in [0, 0.05) is 18.7 Å². The van der Waals surface area contributed by atoms with Gasteiger partial charge in [0.1, 0.15) is 5.69 Å². The van der Waals surface area contributed by atoms with E-state index in [0.29, 0.717) is 42.5 Å². The normalized spacial score (nSPS) is 10.6. The molecule has 27 heavy (non-hydrogen) atoms. The van der Waals surface area contributed by atoms with E-state index in [9.17, 15) is 9.59 Å². The Morgan fingerprint density at radius 1 is 1.19 bits per heavy atom. The third-order valence-electron chi connectivity index (χ3n) is 3.48. The number of ether oxygens (including phenoxy) is 3. The van der Waals surface area contributed by atoms with Gasteiger partial charge in [-0.2, -0.15) is 0 Å². The molecule has 7 nitrogen and oxygen atoms in total. The van der Waals surface area contributed by atoms with Crippen LogP contribution in [-0.2, 0) is 9.53 Å². The summed E-state index contributed by atoms with van der Waals surface area (Å²) in [7, 11) is 1.52. The Labute approximate surface area is 158 Å². The largest absolute Gasteiger partial charge is 0.491 e. The number of esters is 1. The molecule has 0 saturated carbocycles. The maximum Gasteiger partial charge on any atom is 0.305 e. The Morgan fingerprint density at radius 3 is 2.74 bits per heavy atom. The van der Waals surface area contributed by atoms with Crippen molar-refractivity contribution < 1.29 is 23.8 Å². The Kier molecular flexibility index (Phi) is 7.96. The average Bonchev–Trinajstić information content (AvgIpc) is 2.70. The molecule has 0 aliphatic rings. The van der Waals surface area contributed by atoms with Gasteiger partial charge in [0.15, 0.2) is 11.5 Å². The maximum atomic E-state index is 12.1. The van der Waals surface area contributed by atoms with E-state index in [0.717, 1.165) is 0 Å². The molecule has 0 aliphatic carbocycles. The van der Waals surface area contributed by atoms with Gasteiger partial charge < -0.3 is 14.2 Å². The highest BCUT2D eigenvalue weighted by Crippen LogP contribution is 2.27. The van der Waals surface area contributed by atoms with E-state index in [1.807, 2.05) is 0 Å². The first-order valence-corrected chi connectivity index (χ1v) is 8.60. The number of aromatic nitrogens is 2. The molecule has 7 heteroatoms. The quantitative estimate of drug-likeness (QED) is 0.275. The Balaban J connectivity index is 1.98. The van der Waals surface area contributed by atoms with Crippen molar-refractivity contribution in [3.05, 3.63) is 54.1 Å². The van der Waals surface area contributed by atoms with Crippen molar-refractivity contribution in [1.82, 2.24) is 9.97 Å². The van der Waals surface area contributed by atoms with Crippen LogP contribution < -0.4 is 9.47 Å². The first-order valence-electron chi connectivity index (χ1n) is 8.60. The highest BCUT2D eigenvalue weighted by Gasteiger charge is 2.08. The molecule has 0 fully saturated rings. The highest BCUT2D eigenvalue weighted by molar-refractivity contribution is 6.05. The summed E-state index contributed by atoms with van der Waals surface area (Å²) in [5.41, 5.74) is 0.901. The van der Waals surface area contributed by atoms with Gasteiger partial charge in [-0.1, -0.05) is 6.07 Å². The molecule has 0 aromatic carbocycles. The zero-order valence-electron chi connectivity index (χ0n) is 15.4. The number of hydrogen-bond donors (Lipinski definition) is 0. The molecular weight excluding hydrogens is 348 g/mol. The van der Waals surface area contributed by atoms with Gasteiger partial charge in [0.2, 0.25) is 5.78 Å². The number of carbonyl (C=O) groups is 2. The minimum Gasteiger partial charge on any atom is -0.491 e. The van der Waals surface area contributed by atoms with Crippen molar-refractivity contribution in [1.29, 1.82) is 0 Å². The van der Waals surface area contributed by atoms with E-state index < -0.39 is 0 Å². The van der Waals surface area contributed by atoms with Crippen molar-refractivity contribution >= 4 is 17.8 Å². The average molecular weight is 370 g/mol. The van der Waals surface area contributed by atoms with Gasteiger partial charge >= 0.3 is 5.97 Å². The number of methoxy groups -OCH3 is 1. The molecule has 0 bridgehead atoms. The van der Waals surface area contributed by atoms with Gasteiger partial charge in [-0.3, -0.25) is 19.6 Å². The lowest BCUT2D eigenvalue weighted by Gasteiger charge is -2.10. The van der Waals surface area contributed by atoms with Crippen LogP contribution in [0.5, 0.6) is 11.5 Å². The summed E-state index contributed by atoms with van der Waals surface area (Å²) < 4.78 is 15.8. The van der Waals surface area contributed by atoms with E-state index in [4.69, 9.17) is 14.2 Å². The molecule has 0 saturated heterocycles. The van der Waals surface area contributed by atoms with Gasteiger partial charge in [-0.15, -0.1) is 0 Å². The summed E-state index contributed by atoms with van der Waals surface area (Å²) in [6.07, 6.45) is 6.88. The standard InChI is InChI=1S/C20H22N2O5/c1-3-26-20(24)8-6-12-27-18-13-15(22-14-19(18)25-2)9-10-17(23)16-7-4-5-11-21-16/h4-5,7,9-11,13-14H,3,6,8,12H2,1-2H3/b10-9+.